The summed E-state index contributed by atoms with van der Waals surface area (Å²) in [4.78, 5) is 26.3. The van der Waals surface area contributed by atoms with Gasteiger partial charge >= 0.3 is 6.03 Å². The van der Waals surface area contributed by atoms with Gasteiger partial charge in [-0.2, -0.15) is 0 Å². The van der Waals surface area contributed by atoms with Crippen molar-refractivity contribution in [1.29, 1.82) is 0 Å². The summed E-state index contributed by atoms with van der Waals surface area (Å²) in [7, 11) is 0. The van der Waals surface area contributed by atoms with Crippen LogP contribution in [0.15, 0.2) is 76.9 Å². The van der Waals surface area contributed by atoms with E-state index >= 15 is 0 Å². The quantitative estimate of drug-likeness (QED) is 0.360. The molecule has 0 radical (unpaired) electrons. The number of aryl methyl sites for hydroxylation is 1. The summed E-state index contributed by atoms with van der Waals surface area (Å²) in [5.41, 5.74) is 3.75. The highest BCUT2D eigenvalue weighted by Crippen LogP contribution is 2.28. The first-order valence-electron chi connectivity index (χ1n) is 9.96. The number of carbonyl (C=O) groups is 2. The van der Waals surface area contributed by atoms with Gasteiger partial charge in [-0.1, -0.05) is 48.0 Å². The third kappa shape index (κ3) is 5.06. The summed E-state index contributed by atoms with van der Waals surface area (Å²) in [6.45, 7) is 2.47. The lowest BCUT2D eigenvalue weighted by Gasteiger charge is -2.12. The molecule has 7 heteroatoms. The molecule has 5 nitrogen and oxygen atoms in total. The van der Waals surface area contributed by atoms with Gasteiger partial charge < -0.3 is 10.1 Å². The van der Waals surface area contributed by atoms with E-state index in [0.29, 0.717) is 16.8 Å². The fraction of sp³-hybridized carbons (Fsp3) is 0.120. The minimum absolute atomic E-state index is 0.212. The van der Waals surface area contributed by atoms with Crippen molar-refractivity contribution in [3.8, 4) is 5.75 Å². The van der Waals surface area contributed by atoms with E-state index < -0.39 is 6.03 Å². The lowest BCUT2D eigenvalue weighted by molar-refractivity contribution is -0.123. The molecule has 1 fully saturated rings. The maximum absolute atomic E-state index is 13.0. The van der Waals surface area contributed by atoms with E-state index in [1.807, 2.05) is 31.2 Å². The van der Waals surface area contributed by atoms with E-state index in [1.54, 1.807) is 36.4 Å². The van der Waals surface area contributed by atoms with E-state index in [9.17, 15) is 14.0 Å². The number of urea groups is 1. The smallest absolute Gasteiger partial charge is 0.329 e. The number of carbonyl (C=O) groups excluding carboxylic acids is 2. The second-order valence-electron chi connectivity index (χ2n) is 7.47. The first-order chi connectivity index (χ1) is 15.4. The SMILES string of the molecule is Cc1cccc(CN2C(=O)N/C(=C/c3ccc(OCc4ccc(F)cc4)c(Br)c3)C2=O)c1. The molecule has 1 aliphatic heterocycles. The van der Waals surface area contributed by atoms with Crippen LogP contribution in [0.2, 0.25) is 0 Å². The van der Waals surface area contributed by atoms with Crippen LogP contribution in [0.25, 0.3) is 6.08 Å². The molecule has 32 heavy (non-hydrogen) atoms. The molecule has 3 amide bonds. The zero-order valence-electron chi connectivity index (χ0n) is 17.3. The molecule has 1 heterocycles. The number of nitrogens with one attached hydrogen (secondary N) is 1. The third-order valence-electron chi connectivity index (χ3n) is 4.96. The summed E-state index contributed by atoms with van der Waals surface area (Å²) in [5.74, 6) is -0.0538. The van der Waals surface area contributed by atoms with Gasteiger partial charge in [0.15, 0.2) is 0 Å². The van der Waals surface area contributed by atoms with E-state index in [1.165, 1.54) is 17.0 Å². The highest BCUT2D eigenvalue weighted by molar-refractivity contribution is 9.10. The van der Waals surface area contributed by atoms with Crippen LogP contribution in [0.1, 0.15) is 22.3 Å². The molecule has 3 aromatic carbocycles. The maximum atomic E-state index is 13.0. The van der Waals surface area contributed by atoms with Crippen molar-refractivity contribution >= 4 is 33.9 Å². The molecular formula is C25H20BrFN2O3. The molecule has 4 rings (SSSR count). The van der Waals surface area contributed by atoms with Gasteiger partial charge in [0.25, 0.3) is 5.91 Å². The molecule has 1 aliphatic rings. The molecule has 0 unspecified atom stereocenters. The molecule has 0 saturated carbocycles. The molecule has 162 valence electrons. The molecule has 0 bridgehead atoms. The average molecular weight is 495 g/mol. The number of benzene rings is 3. The molecule has 0 aliphatic carbocycles. The van der Waals surface area contributed by atoms with Gasteiger partial charge in [-0.15, -0.1) is 0 Å². The van der Waals surface area contributed by atoms with E-state index in [2.05, 4.69) is 21.2 Å². The van der Waals surface area contributed by atoms with E-state index in [-0.39, 0.29) is 24.0 Å². The lowest BCUT2D eigenvalue weighted by Crippen LogP contribution is -2.30. The second kappa shape index (κ2) is 9.36. The van der Waals surface area contributed by atoms with Gasteiger partial charge in [-0.05, 0) is 69.9 Å². The summed E-state index contributed by atoms with van der Waals surface area (Å²) in [6.07, 6.45) is 1.63. The fourth-order valence-electron chi connectivity index (χ4n) is 3.34. The summed E-state index contributed by atoms with van der Waals surface area (Å²) >= 11 is 3.47. The van der Waals surface area contributed by atoms with Crippen molar-refractivity contribution in [3.63, 3.8) is 0 Å². The standard InChI is InChI=1S/C25H20BrFN2O3/c1-16-3-2-4-19(11-16)14-29-24(30)22(28-25(29)31)13-18-7-10-23(21(26)12-18)32-15-17-5-8-20(27)9-6-17/h2-13H,14-15H2,1H3,(H,28,31)/b22-13+. The van der Waals surface area contributed by atoms with Crippen LogP contribution >= 0.6 is 15.9 Å². The minimum atomic E-state index is -0.443. The minimum Gasteiger partial charge on any atom is -0.488 e. The van der Waals surface area contributed by atoms with Gasteiger partial charge in [0.1, 0.15) is 23.9 Å². The van der Waals surface area contributed by atoms with Crippen LogP contribution in [0, 0.1) is 12.7 Å². The maximum Gasteiger partial charge on any atom is 0.329 e. The number of rotatable bonds is 6. The summed E-state index contributed by atoms with van der Waals surface area (Å²) in [6, 6.07) is 18.7. The molecule has 1 saturated heterocycles. The Morgan fingerprint density at radius 2 is 1.81 bits per heavy atom. The van der Waals surface area contributed by atoms with Crippen molar-refractivity contribution in [3.05, 3.63) is 105 Å². The van der Waals surface area contributed by atoms with E-state index in [0.717, 1.165) is 22.3 Å². The summed E-state index contributed by atoms with van der Waals surface area (Å²) in [5, 5.41) is 2.64. The van der Waals surface area contributed by atoms with Crippen LogP contribution in [0.5, 0.6) is 5.75 Å². The van der Waals surface area contributed by atoms with Crippen LogP contribution in [0.4, 0.5) is 9.18 Å². The number of ether oxygens (including phenoxy) is 1. The van der Waals surface area contributed by atoms with E-state index in [4.69, 9.17) is 4.74 Å². The third-order valence-corrected chi connectivity index (χ3v) is 5.58. The number of hydrogen-bond donors (Lipinski definition) is 1. The van der Waals surface area contributed by atoms with Crippen LogP contribution in [-0.4, -0.2) is 16.8 Å². The van der Waals surface area contributed by atoms with Gasteiger partial charge in [0.2, 0.25) is 0 Å². The zero-order valence-corrected chi connectivity index (χ0v) is 18.9. The molecule has 3 aromatic rings. The predicted octanol–water partition coefficient (Wildman–Crippen LogP) is 5.57. The fourth-order valence-corrected chi connectivity index (χ4v) is 3.85. The van der Waals surface area contributed by atoms with Crippen molar-refractivity contribution in [2.45, 2.75) is 20.1 Å². The largest absolute Gasteiger partial charge is 0.488 e. The van der Waals surface area contributed by atoms with Gasteiger partial charge in [0, 0.05) is 0 Å². The highest BCUT2D eigenvalue weighted by Gasteiger charge is 2.33. The Bertz CT molecular complexity index is 1210. The molecular weight excluding hydrogens is 475 g/mol. The van der Waals surface area contributed by atoms with Crippen molar-refractivity contribution < 1.29 is 18.7 Å². The van der Waals surface area contributed by atoms with Crippen molar-refractivity contribution in [2.24, 2.45) is 0 Å². The topological polar surface area (TPSA) is 58.6 Å². The van der Waals surface area contributed by atoms with Gasteiger partial charge in [0.05, 0.1) is 11.0 Å². The highest BCUT2D eigenvalue weighted by atomic mass is 79.9. The Labute approximate surface area is 193 Å². The normalized spacial score (nSPS) is 14.7. The number of amides is 3. The Morgan fingerprint density at radius 1 is 1.03 bits per heavy atom. The number of imide groups is 1. The molecule has 1 N–H and O–H groups in total. The van der Waals surface area contributed by atoms with Crippen molar-refractivity contribution in [2.75, 3.05) is 0 Å². The zero-order chi connectivity index (χ0) is 22.7. The Morgan fingerprint density at radius 3 is 2.53 bits per heavy atom. The van der Waals surface area contributed by atoms with Crippen molar-refractivity contribution in [1.82, 2.24) is 10.2 Å². The van der Waals surface area contributed by atoms with Crippen LogP contribution in [-0.2, 0) is 17.9 Å². The predicted molar refractivity (Wildman–Crippen MR) is 123 cm³/mol. The molecule has 0 spiro atoms. The first-order valence-corrected chi connectivity index (χ1v) is 10.8. The van der Waals surface area contributed by atoms with Gasteiger partial charge in [-0.3, -0.25) is 9.69 Å². The Kier molecular flexibility index (Phi) is 6.37. The van der Waals surface area contributed by atoms with Crippen LogP contribution in [0.3, 0.4) is 0 Å². The second-order valence-corrected chi connectivity index (χ2v) is 8.33. The summed E-state index contributed by atoms with van der Waals surface area (Å²) < 4.78 is 19.5. The number of nitrogens with zero attached hydrogens (tertiary/aromatic N) is 1. The Balaban J connectivity index is 1.45. The number of hydrogen-bond acceptors (Lipinski definition) is 3. The van der Waals surface area contributed by atoms with Gasteiger partial charge in [-0.25, -0.2) is 9.18 Å². The Hall–Kier alpha value is -3.45. The van der Waals surface area contributed by atoms with Crippen LogP contribution < -0.4 is 10.1 Å². The first kappa shape index (κ1) is 21.8. The molecule has 0 atom stereocenters. The lowest BCUT2D eigenvalue weighted by atomic mass is 10.1. The average Bonchev–Trinajstić information content (AvgIpc) is 3.02. The number of halogens is 2. The molecule has 0 aromatic heterocycles. The monoisotopic (exact) mass is 494 g/mol.